The summed E-state index contributed by atoms with van der Waals surface area (Å²) >= 11 is 0. The van der Waals surface area contributed by atoms with Gasteiger partial charge in [0.25, 0.3) is 0 Å². The van der Waals surface area contributed by atoms with Crippen LogP contribution in [0.1, 0.15) is 42.6 Å². The number of alkyl carbamates (subject to hydrolysis) is 1. The first-order valence-corrected chi connectivity index (χ1v) is 11.9. The number of amides is 1. The fourth-order valence-electron chi connectivity index (χ4n) is 5.49. The van der Waals surface area contributed by atoms with Gasteiger partial charge in [-0.1, -0.05) is 12.2 Å². The highest BCUT2D eigenvalue weighted by atomic mass is 19.1. The standard InChI is InChI=1S/C25H27F2N3O5/c1-2-35-25(34)28-9-13-4-3-5-14-10-29(11-17(13)14)22-19(26)8-16-21(20(22)27)30(15-6-7-15)12-18(23(16)31)24(32)33/h3,5,8,12-15,17H,2,4,6-7,9-11H2,1H3,(H,28,34)(H,32,33)/t13-,14?,17?/m0/s1. The van der Waals surface area contributed by atoms with Gasteiger partial charge in [-0.05, 0) is 50.0 Å². The number of anilines is 1. The Balaban J connectivity index is 1.50. The SMILES string of the molecule is CCOC(=O)NC[C@@H]1CC=CC2CN(c3c(F)cc4c(=O)c(C(=O)O)cn(C5CC5)c4c3F)CC21. The minimum absolute atomic E-state index is 0.0511. The Labute approximate surface area is 200 Å². The summed E-state index contributed by atoms with van der Waals surface area (Å²) in [5.74, 6) is -2.92. The molecule has 0 bridgehead atoms. The monoisotopic (exact) mass is 487 g/mol. The van der Waals surface area contributed by atoms with Gasteiger partial charge in [-0.15, -0.1) is 0 Å². The predicted molar refractivity (Wildman–Crippen MR) is 125 cm³/mol. The molecule has 1 aliphatic heterocycles. The molecule has 2 fully saturated rings. The van der Waals surface area contributed by atoms with E-state index in [1.54, 1.807) is 11.8 Å². The number of aromatic nitrogens is 1. The summed E-state index contributed by atoms with van der Waals surface area (Å²) in [5, 5.41) is 11.9. The topological polar surface area (TPSA) is 101 Å². The number of nitrogens with zero attached hydrogens (tertiary/aromatic N) is 2. The molecule has 2 N–H and O–H groups in total. The van der Waals surface area contributed by atoms with E-state index in [2.05, 4.69) is 11.4 Å². The summed E-state index contributed by atoms with van der Waals surface area (Å²) in [4.78, 5) is 37.7. The molecule has 3 atom stereocenters. The molecule has 10 heteroatoms. The molecule has 1 saturated heterocycles. The van der Waals surface area contributed by atoms with Crippen molar-refractivity contribution in [3.05, 3.63) is 51.8 Å². The van der Waals surface area contributed by atoms with Crippen molar-refractivity contribution in [1.82, 2.24) is 9.88 Å². The summed E-state index contributed by atoms with van der Waals surface area (Å²) in [6.45, 7) is 3.20. The number of rotatable bonds is 6. The van der Waals surface area contributed by atoms with Crippen LogP contribution >= 0.6 is 0 Å². The number of carboxylic acids is 1. The molecule has 3 aliphatic rings. The first-order valence-electron chi connectivity index (χ1n) is 11.9. The van der Waals surface area contributed by atoms with Gasteiger partial charge in [0, 0.05) is 31.9 Å². The van der Waals surface area contributed by atoms with Gasteiger partial charge in [0.2, 0.25) is 5.43 Å². The summed E-state index contributed by atoms with van der Waals surface area (Å²) in [6, 6.07) is 0.852. The molecule has 186 valence electrons. The molecule has 2 aliphatic carbocycles. The number of allylic oxidation sites excluding steroid dienone is 1. The minimum atomic E-state index is -1.42. The Morgan fingerprint density at radius 3 is 2.71 bits per heavy atom. The number of hydrogen-bond donors (Lipinski definition) is 2. The highest BCUT2D eigenvalue weighted by molar-refractivity contribution is 5.94. The zero-order chi connectivity index (χ0) is 24.9. The number of nitrogens with one attached hydrogen (secondary N) is 1. The van der Waals surface area contributed by atoms with Crippen LogP contribution in [0.4, 0.5) is 19.3 Å². The number of carboxylic acid groups (broad SMARTS) is 1. The van der Waals surface area contributed by atoms with Crippen LogP contribution in [0.3, 0.4) is 0 Å². The summed E-state index contributed by atoms with van der Waals surface area (Å²) in [7, 11) is 0. The molecule has 0 spiro atoms. The fraction of sp³-hybridized carbons (Fsp3) is 0.480. The zero-order valence-corrected chi connectivity index (χ0v) is 19.3. The van der Waals surface area contributed by atoms with Crippen molar-refractivity contribution in [2.45, 2.75) is 32.2 Å². The summed E-state index contributed by atoms with van der Waals surface area (Å²) in [6.07, 6.45) is 6.99. The molecule has 8 nitrogen and oxygen atoms in total. The van der Waals surface area contributed by atoms with E-state index in [-0.39, 0.29) is 47.0 Å². The number of carbonyl (C=O) groups excluding carboxylic acids is 1. The Kier molecular flexibility index (Phi) is 5.98. The molecule has 1 aromatic heterocycles. The lowest BCUT2D eigenvalue weighted by Crippen LogP contribution is -2.36. The van der Waals surface area contributed by atoms with Crippen molar-refractivity contribution < 1.29 is 28.2 Å². The third-order valence-electron chi connectivity index (χ3n) is 7.29. The Morgan fingerprint density at radius 2 is 2.03 bits per heavy atom. The average Bonchev–Trinajstić information content (AvgIpc) is 3.57. The van der Waals surface area contributed by atoms with Crippen molar-refractivity contribution in [3.63, 3.8) is 0 Å². The van der Waals surface area contributed by atoms with Crippen LogP contribution in [0, 0.1) is 29.4 Å². The molecule has 2 unspecified atom stereocenters. The number of benzene rings is 1. The maximum absolute atomic E-state index is 16.0. The highest BCUT2D eigenvalue weighted by Crippen LogP contribution is 2.43. The predicted octanol–water partition coefficient (Wildman–Crippen LogP) is 3.69. The van der Waals surface area contributed by atoms with Gasteiger partial charge in [-0.25, -0.2) is 18.4 Å². The van der Waals surface area contributed by atoms with Gasteiger partial charge in [-0.3, -0.25) is 4.79 Å². The van der Waals surface area contributed by atoms with Crippen LogP contribution in [0.25, 0.3) is 10.9 Å². The number of aromatic carboxylic acids is 1. The first kappa shape index (κ1) is 23.3. The van der Waals surface area contributed by atoms with Gasteiger partial charge in [0.1, 0.15) is 17.1 Å². The van der Waals surface area contributed by atoms with E-state index in [0.29, 0.717) is 19.6 Å². The van der Waals surface area contributed by atoms with Crippen molar-refractivity contribution in [2.24, 2.45) is 17.8 Å². The number of halogens is 2. The number of ether oxygens (including phenoxy) is 1. The second kappa shape index (κ2) is 8.98. The molecule has 1 aromatic carbocycles. The van der Waals surface area contributed by atoms with E-state index in [0.717, 1.165) is 25.3 Å². The summed E-state index contributed by atoms with van der Waals surface area (Å²) in [5.41, 5.74) is -1.64. The number of carbonyl (C=O) groups is 2. The maximum Gasteiger partial charge on any atom is 0.407 e. The van der Waals surface area contributed by atoms with Gasteiger partial charge >= 0.3 is 12.1 Å². The van der Waals surface area contributed by atoms with E-state index < -0.39 is 34.7 Å². The Bertz CT molecular complexity index is 1290. The van der Waals surface area contributed by atoms with Crippen molar-refractivity contribution >= 4 is 28.7 Å². The third kappa shape index (κ3) is 4.15. The normalized spacial score (nSPS) is 23.4. The van der Waals surface area contributed by atoms with Gasteiger partial charge in [-0.2, -0.15) is 0 Å². The van der Waals surface area contributed by atoms with E-state index >= 15 is 8.78 Å². The Hall–Kier alpha value is -3.43. The number of pyridine rings is 1. The number of hydrogen-bond acceptors (Lipinski definition) is 5. The van der Waals surface area contributed by atoms with Crippen LogP contribution in [-0.4, -0.2) is 48.0 Å². The summed E-state index contributed by atoms with van der Waals surface area (Å²) < 4.78 is 37.7. The van der Waals surface area contributed by atoms with Crippen LogP contribution in [0.15, 0.2) is 29.2 Å². The second-order valence-corrected chi connectivity index (χ2v) is 9.49. The van der Waals surface area contributed by atoms with E-state index in [1.165, 1.54) is 10.8 Å². The molecule has 1 amide bonds. The fourth-order valence-corrected chi connectivity index (χ4v) is 5.49. The highest BCUT2D eigenvalue weighted by Gasteiger charge is 2.40. The lowest BCUT2D eigenvalue weighted by Gasteiger charge is -2.29. The van der Waals surface area contributed by atoms with Crippen molar-refractivity contribution in [2.75, 3.05) is 31.1 Å². The van der Waals surface area contributed by atoms with Crippen LogP contribution in [-0.2, 0) is 4.74 Å². The second-order valence-electron chi connectivity index (χ2n) is 9.49. The number of fused-ring (bicyclic) bond motifs is 2. The third-order valence-corrected chi connectivity index (χ3v) is 7.29. The lowest BCUT2D eigenvalue weighted by atomic mass is 9.78. The molecule has 2 heterocycles. The van der Waals surface area contributed by atoms with Gasteiger partial charge < -0.3 is 24.6 Å². The molecule has 0 radical (unpaired) electrons. The molecular formula is C25H27F2N3O5. The van der Waals surface area contributed by atoms with E-state index in [9.17, 15) is 19.5 Å². The zero-order valence-electron chi connectivity index (χ0n) is 19.3. The molecule has 2 aromatic rings. The van der Waals surface area contributed by atoms with Crippen LogP contribution in [0.2, 0.25) is 0 Å². The lowest BCUT2D eigenvalue weighted by molar-refractivity contribution is 0.0694. The quantitative estimate of drug-likeness (QED) is 0.603. The van der Waals surface area contributed by atoms with E-state index in [1.807, 2.05) is 6.08 Å². The van der Waals surface area contributed by atoms with Crippen molar-refractivity contribution in [1.29, 1.82) is 0 Å². The van der Waals surface area contributed by atoms with Crippen molar-refractivity contribution in [3.8, 4) is 0 Å². The average molecular weight is 488 g/mol. The van der Waals surface area contributed by atoms with Crippen LogP contribution in [0.5, 0.6) is 0 Å². The van der Waals surface area contributed by atoms with Gasteiger partial charge in [0.05, 0.1) is 17.5 Å². The minimum Gasteiger partial charge on any atom is -0.477 e. The Morgan fingerprint density at radius 1 is 1.26 bits per heavy atom. The van der Waals surface area contributed by atoms with Gasteiger partial charge in [0.15, 0.2) is 5.82 Å². The molecule has 1 saturated carbocycles. The van der Waals surface area contributed by atoms with Crippen LogP contribution < -0.4 is 15.6 Å². The molecule has 35 heavy (non-hydrogen) atoms. The molecule has 5 rings (SSSR count). The van der Waals surface area contributed by atoms with E-state index in [4.69, 9.17) is 4.74 Å². The smallest absolute Gasteiger partial charge is 0.407 e. The maximum atomic E-state index is 16.0. The largest absolute Gasteiger partial charge is 0.477 e. The first-order chi connectivity index (χ1) is 16.8. The molecular weight excluding hydrogens is 460 g/mol.